The van der Waals surface area contributed by atoms with E-state index in [0.29, 0.717) is 0 Å². The zero-order chi connectivity index (χ0) is 21.4. The quantitative estimate of drug-likeness (QED) is 0.224. The van der Waals surface area contributed by atoms with Gasteiger partial charge in [-0.15, -0.1) is 11.3 Å². The number of nitro groups is 1. The molecule has 10 heteroatoms. The summed E-state index contributed by atoms with van der Waals surface area (Å²) in [6, 6.07) is 9.18. The van der Waals surface area contributed by atoms with Crippen molar-refractivity contribution in [2.45, 2.75) is 6.04 Å². The molecule has 0 radical (unpaired) electrons. The van der Waals surface area contributed by atoms with Crippen LogP contribution < -0.4 is 4.90 Å². The molecule has 1 aromatic heterocycles. The molecule has 0 spiro atoms. The van der Waals surface area contributed by atoms with Crippen LogP contribution >= 0.6 is 11.3 Å². The molecule has 0 saturated carbocycles. The minimum absolute atomic E-state index is 0.00959. The number of carbonyl (C=O) groups excluding carboxylic acids is 2. The van der Waals surface area contributed by atoms with Crippen molar-refractivity contribution in [3.63, 3.8) is 0 Å². The second kappa shape index (κ2) is 7.48. The summed E-state index contributed by atoms with van der Waals surface area (Å²) in [5, 5.41) is 23.5. The maximum Gasteiger partial charge on any atom is 0.301 e. The number of hydrogen-bond donors (Lipinski definition) is 1. The van der Waals surface area contributed by atoms with Crippen LogP contribution in [0.2, 0.25) is 0 Å². The Hall–Kier alpha value is -3.92. The maximum absolute atomic E-state index is 14.6. The molecule has 30 heavy (non-hydrogen) atoms. The van der Waals surface area contributed by atoms with Crippen molar-refractivity contribution in [3.8, 4) is 0 Å². The van der Waals surface area contributed by atoms with Crippen LogP contribution in [0.25, 0.3) is 5.76 Å². The maximum atomic E-state index is 14.6. The predicted molar refractivity (Wildman–Crippen MR) is 106 cm³/mol. The summed E-state index contributed by atoms with van der Waals surface area (Å²) in [4.78, 5) is 41.0. The average molecular weight is 425 g/mol. The summed E-state index contributed by atoms with van der Waals surface area (Å²) in [6.45, 7) is 0. The van der Waals surface area contributed by atoms with Gasteiger partial charge >= 0.3 is 5.91 Å². The third-order valence-electron chi connectivity index (χ3n) is 4.62. The zero-order valence-corrected chi connectivity index (χ0v) is 15.9. The number of rotatable bonds is 4. The van der Waals surface area contributed by atoms with Gasteiger partial charge in [0.15, 0.2) is 5.13 Å². The summed E-state index contributed by atoms with van der Waals surface area (Å²) in [5.74, 6) is -3.19. The van der Waals surface area contributed by atoms with Crippen LogP contribution in [0.4, 0.5) is 15.2 Å². The van der Waals surface area contributed by atoms with E-state index in [0.717, 1.165) is 28.4 Å². The van der Waals surface area contributed by atoms with Gasteiger partial charge in [0, 0.05) is 34.8 Å². The monoisotopic (exact) mass is 425 g/mol. The first kappa shape index (κ1) is 19.4. The second-order valence-electron chi connectivity index (χ2n) is 6.31. The highest BCUT2D eigenvalue weighted by molar-refractivity contribution is 7.14. The summed E-state index contributed by atoms with van der Waals surface area (Å²) in [5.41, 5.74) is -0.441. The molecular weight excluding hydrogens is 413 g/mol. The fourth-order valence-electron chi connectivity index (χ4n) is 3.25. The first-order valence-electron chi connectivity index (χ1n) is 8.60. The second-order valence-corrected chi connectivity index (χ2v) is 7.18. The van der Waals surface area contributed by atoms with E-state index in [1.807, 2.05) is 0 Å². The summed E-state index contributed by atoms with van der Waals surface area (Å²) in [6.07, 6.45) is 1.44. The van der Waals surface area contributed by atoms with Gasteiger partial charge in [0.2, 0.25) is 0 Å². The van der Waals surface area contributed by atoms with Gasteiger partial charge < -0.3 is 5.11 Å². The lowest BCUT2D eigenvalue weighted by molar-refractivity contribution is -0.384. The van der Waals surface area contributed by atoms with Crippen molar-refractivity contribution in [3.05, 3.63) is 92.7 Å². The number of hydrogen-bond acceptors (Lipinski definition) is 7. The number of carbonyl (C=O) groups is 2. The number of Topliss-reactive ketones (excluding diaryl/α,β-unsaturated/α-hetero) is 1. The minimum Gasteiger partial charge on any atom is -0.507 e. The van der Waals surface area contributed by atoms with E-state index < -0.39 is 34.2 Å². The van der Waals surface area contributed by atoms with E-state index >= 15 is 0 Å². The van der Waals surface area contributed by atoms with Crippen LogP contribution in [0.1, 0.15) is 17.2 Å². The molecule has 1 saturated heterocycles. The zero-order valence-electron chi connectivity index (χ0n) is 15.1. The highest BCUT2D eigenvalue weighted by atomic mass is 32.1. The molecular formula is C20H12FN3O5S. The number of anilines is 1. The lowest BCUT2D eigenvalue weighted by Gasteiger charge is -2.23. The lowest BCUT2D eigenvalue weighted by atomic mass is 9.95. The highest BCUT2D eigenvalue weighted by Crippen LogP contribution is 2.43. The highest BCUT2D eigenvalue weighted by Gasteiger charge is 2.48. The van der Waals surface area contributed by atoms with Gasteiger partial charge in [0.05, 0.1) is 10.5 Å². The molecule has 2 aromatic carbocycles. The Balaban J connectivity index is 1.93. The number of aromatic nitrogens is 1. The fraction of sp³-hybridized carbons (Fsp3) is 0.0500. The number of thiazole rings is 1. The van der Waals surface area contributed by atoms with Gasteiger partial charge in [-0.3, -0.25) is 24.6 Å². The average Bonchev–Trinajstić information content (AvgIpc) is 3.35. The van der Waals surface area contributed by atoms with Crippen LogP contribution in [0.15, 0.2) is 65.7 Å². The first-order valence-corrected chi connectivity index (χ1v) is 9.48. The van der Waals surface area contributed by atoms with E-state index in [2.05, 4.69) is 4.98 Å². The summed E-state index contributed by atoms with van der Waals surface area (Å²) >= 11 is 1.09. The molecule has 1 N–H and O–H groups in total. The topological polar surface area (TPSA) is 114 Å². The van der Waals surface area contributed by atoms with E-state index in [9.17, 15) is 29.2 Å². The number of aliphatic hydroxyl groups is 1. The number of aliphatic hydroxyl groups excluding tert-OH is 1. The first-order chi connectivity index (χ1) is 14.4. The van der Waals surface area contributed by atoms with Crippen LogP contribution in [-0.2, 0) is 9.59 Å². The third-order valence-corrected chi connectivity index (χ3v) is 5.39. The van der Waals surface area contributed by atoms with Crippen LogP contribution in [0.5, 0.6) is 0 Å². The smallest absolute Gasteiger partial charge is 0.301 e. The van der Waals surface area contributed by atoms with Crippen molar-refractivity contribution in [1.29, 1.82) is 0 Å². The Morgan fingerprint density at radius 3 is 2.47 bits per heavy atom. The molecule has 1 amide bonds. The third kappa shape index (κ3) is 3.12. The van der Waals surface area contributed by atoms with Crippen molar-refractivity contribution in [2.24, 2.45) is 0 Å². The van der Waals surface area contributed by atoms with Crippen molar-refractivity contribution >= 4 is 39.6 Å². The molecule has 0 aliphatic carbocycles. The Labute approximate surface area is 172 Å². The van der Waals surface area contributed by atoms with E-state index in [4.69, 9.17) is 0 Å². The van der Waals surface area contributed by atoms with Crippen LogP contribution in [0, 0.1) is 15.9 Å². The Bertz CT molecular complexity index is 1190. The SMILES string of the molecule is O=C1C(=O)N(c2nccs2)[C@H](c2ccccc2F)/C1=C(\O)c1ccc([N+](=O)[O-])cc1. The van der Waals surface area contributed by atoms with Crippen molar-refractivity contribution in [1.82, 2.24) is 4.98 Å². The molecule has 1 atom stereocenters. The fourth-order valence-corrected chi connectivity index (χ4v) is 3.92. The Kier molecular flexibility index (Phi) is 4.84. The normalized spacial score (nSPS) is 18.0. The number of amides is 1. The van der Waals surface area contributed by atoms with Gasteiger partial charge in [-0.05, 0) is 18.2 Å². The molecule has 0 unspecified atom stereocenters. The molecule has 1 aliphatic rings. The Morgan fingerprint density at radius 2 is 1.87 bits per heavy atom. The number of benzene rings is 2. The van der Waals surface area contributed by atoms with E-state index in [-0.39, 0.29) is 27.5 Å². The van der Waals surface area contributed by atoms with Gasteiger partial charge in [-0.25, -0.2) is 9.37 Å². The van der Waals surface area contributed by atoms with E-state index in [1.165, 1.54) is 36.5 Å². The number of nitro benzene ring substituents is 1. The number of ketones is 1. The predicted octanol–water partition coefficient (Wildman–Crippen LogP) is 3.82. The van der Waals surface area contributed by atoms with Gasteiger partial charge in [0.25, 0.3) is 11.5 Å². The molecule has 1 fully saturated rings. The molecule has 3 aromatic rings. The van der Waals surface area contributed by atoms with Gasteiger partial charge in [-0.1, -0.05) is 18.2 Å². The lowest BCUT2D eigenvalue weighted by Crippen LogP contribution is -2.29. The molecule has 150 valence electrons. The van der Waals surface area contributed by atoms with Crippen LogP contribution in [-0.4, -0.2) is 26.7 Å². The molecule has 2 heterocycles. The molecule has 4 rings (SSSR count). The number of halogens is 1. The Morgan fingerprint density at radius 1 is 1.17 bits per heavy atom. The van der Waals surface area contributed by atoms with Crippen molar-refractivity contribution < 1.29 is 24.0 Å². The number of nitrogens with zero attached hydrogens (tertiary/aromatic N) is 3. The van der Waals surface area contributed by atoms with Crippen LogP contribution in [0.3, 0.4) is 0 Å². The minimum atomic E-state index is -1.24. The number of non-ortho nitro benzene ring substituents is 1. The largest absolute Gasteiger partial charge is 0.507 e. The standard InChI is InChI=1S/C20H12FN3O5S/c21-14-4-2-1-3-13(14)16-15(17(25)11-5-7-12(8-6-11)24(28)29)18(26)19(27)23(16)20-22-9-10-30-20/h1-10,16,25H/b17-15+/t16-/m1/s1. The molecule has 1 aliphatic heterocycles. The molecule has 8 nitrogen and oxygen atoms in total. The summed E-state index contributed by atoms with van der Waals surface area (Å²) < 4.78 is 14.6. The van der Waals surface area contributed by atoms with E-state index in [1.54, 1.807) is 11.4 Å². The van der Waals surface area contributed by atoms with Gasteiger partial charge in [-0.2, -0.15) is 0 Å². The summed E-state index contributed by atoms with van der Waals surface area (Å²) in [7, 11) is 0. The van der Waals surface area contributed by atoms with Gasteiger partial charge in [0.1, 0.15) is 17.6 Å². The van der Waals surface area contributed by atoms with Crippen molar-refractivity contribution in [2.75, 3.05) is 4.90 Å². The molecule has 0 bridgehead atoms.